The van der Waals surface area contributed by atoms with Gasteiger partial charge in [-0.05, 0) is 76.7 Å². The van der Waals surface area contributed by atoms with Crippen molar-refractivity contribution in [2.24, 2.45) is 5.92 Å². The van der Waals surface area contributed by atoms with Gasteiger partial charge in [-0.25, -0.2) is 0 Å². The zero-order chi connectivity index (χ0) is 27.5. The van der Waals surface area contributed by atoms with E-state index in [0.717, 1.165) is 5.39 Å². The predicted molar refractivity (Wildman–Crippen MR) is 174 cm³/mol. The van der Waals surface area contributed by atoms with E-state index in [1.807, 2.05) is 12.1 Å². The summed E-state index contributed by atoms with van der Waals surface area (Å²) in [5.41, 5.74) is 8.18. The molecule has 0 fully saturated rings. The zero-order valence-electron chi connectivity index (χ0n) is 22.6. The van der Waals surface area contributed by atoms with Gasteiger partial charge in [0.25, 0.3) is 0 Å². The Balaban J connectivity index is 1.25. The molecule has 2 heterocycles. The summed E-state index contributed by atoms with van der Waals surface area (Å²) in [7, 11) is 0. The first kappa shape index (κ1) is 23.9. The van der Waals surface area contributed by atoms with E-state index in [9.17, 15) is 5.26 Å². The van der Waals surface area contributed by atoms with Gasteiger partial charge >= 0.3 is 0 Å². The van der Waals surface area contributed by atoms with Crippen molar-refractivity contribution < 1.29 is 0 Å². The van der Waals surface area contributed by atoms with E-state index in [0.29, 0.717) is 11.5 Å². The fraction of sp³-hybridized carbons (Fsp3) is 0.0789. The fourth-order valence-electron chi connectivity index (χ4n) is 6.49. The Hall–Kier alpha value is -4.91. The summed E-state index contributed by atoms with van der Waals surface area (Å²) < 4.78 is 4.98. The Labute approximate surface area is 242 Å². The second-order valence-corrected chi connectivity index (χ2v) is 12.0. The van der Waals surface area contributed by atoms with Crippen LogP contribution >= 0.6 is 11.3 Å². The van der Waals surface area contributed by atoms with Gasteiger partial charge in [-0.1, -0.05) is 85.8 Å². The zero-order valence-corrected chi connectivity index (χ0v) is 23.4. The van der Waals surface area contributed by atoms with Gasteiger partial charge in [0.15, 0.2) is 0 Å². The van der Waals surface area contributed by atoms with Crippen LogP contribution in [-0.2, 0) is 0 Å². The van der Waals surface area contributed by atoms with Gasteiger partial charge in [0.2, 0.25) is 0 Å². The Morgan fingerprint density at radius 3 is 2.15 bits per heavy atom. The van der Waals surface area contributed by atoms with Gasteiger partial charge in [0.05, 0.1) is 17.7 Å². The van der Waals surface area contributed by atoms with Crippen LogP contribution in [0.25, 0.3) is 58.7 Å². The van der Waals surface area contributed by atoms with Crippen molar-refractivity contribution in [2.45, 2.75) is 13.0 Å². The van der Waals surface area contributed by atoms with Crippen molar-refractivity contribution >= 4 is 58.9 Å². The first-order valence-corrected chi connectivity index (χ1v) is 14.8. The third-order valence-electron chi connectivity index (χ3n) is 8.50. The molecular weight excluding hydrogens is 516 g/mol. The van der Waals surface area contributed by atoms with Crippen molar-refractivity contribution in [1.82, 2.24) is 4.57 Å². The fourth-order valence-corrected chi connectivity index (χ4v) is 7.56. The lowest BCUT2D eigenvalue weighted by Gasteiger charge is -2.26. The van der Waals surface area contributed by atoms with Crippen molar-refractivity contribution in [3.05, 3.63) is 139 Å². The average Bonchev–Trinajstić information content (AvgIpc) is 3.56. The molecule has 2 nitrogen and oxygen atoms in total. The molecule has 0 aliphatic heterocycles. The first-order chi connectivity index (χ1) is 20.2. The SMILES string of the molecule is CC1C=C(c2ccccc2)C=CC1n1c2ccccc2c2cc(-c3ccc4sc5ccc(C#N)cc5c4c3)ccc21. The Bertz CT molecular complexity index is 2240. The van der Waals surface area contributed by atoms with Gasteiger partial charge in [-0.3, -0.25) is 0 Å². The van der Waals surface area contributed by atoms with Gasteiger partial charge in [-0.2, -0.15) is 5.26 Å². The van der Waals surface area contributed by atoms with Crippen LogP contribution in [0.2, 0.25) is 0 Å². The molecule has 8 rings (SSSR count). The molecule has 0 saturated carbocycles. The minimum absolute atomic E-state index is 0.235. The topological polar surface area (TPSA) is 28.7 Å². The molecule has 1 aliphatic rings. The molecule has 2 atom stereocenters. The number of thiophene rings is 1. The quantitative estimate of drug-likeness (QED) is 0.218. The predicted octanol–water partition coefficient (Wildman–Crippen LogP) is 10.5. The molecule has 0 N–H and O–H groups in total. The van der Waals surface area contributed by atoms with Crippen LogP contribution in [0.15, 0.2) is 127 Å². The van der Waals surface area contributed by atoms with Crippen molar-refractivity contribution in [2.75, 3.05) is 0 Å². The number of rotatable bonds is 3. The van der Waals surface area contributed by atoms with Crippen LogP contribution in [0.5, 0.6) is 0 Å². The average molecular weight is 543 g/mol. The summed E-state index contributed by atoms with van der Waals surface area (Å²) in [6.07, 6.45) is 7.07. The molecule has 0 spiro atoms. The van der Waals surface area contributed by atoms with Gasteiger partial charge < -0.3 is 4.57 Å². The summed E-state index contributed by atoms with van der Waals surface area (Å²) >= 11 is 1.78. The highest BCUT2D eigenvalue weighted by Crippen LogP contribution is 2.41. The minimum Gasteiger partial charge on any atom is -0.333 e. The maximum Gasteiger partial charge on any atom is 0.0991 e. The number of nitrogens with zero attached hydrogens (tertiary/aromatic N) is 2. The van der Waals surface area contributed by atoms with Gasteiger partial charge in [-0.15, -0.1) is 11.3 Å². The van der Waals surface area contributed by atoms with Crippen molar-refractivity contribution in [3.63, 3.8) is 0 Å². The molecule has 0 saturated heterocycles. The summed E-state index contributed by atoms with van der Waals surface area (Å²) in [6.45, 7) is 2.32. The molecule has 0 bridgehead atoms. The lowest BCUT2D eigenvalue weighted by atomic mass is 9.89. The maximum absolute atomic E-state index is 9.45. The summed E-state index contributed by atoms with van der Waals surface area (Å²) in [4.78, 5) is 0. The minimum atomic E-state index is 0.235. The molecular formula is C38H26N2S. The highest BCUT2D eigenvalue weighted by atomic mass is 32.1. The number of allylic oxidation sites excluding steroid dienone is 4. The van der Waals surface area contributed by atoms with Crippen LogP contribution in [0.3, 0.4) is 0 Å². The van der Waals surface area contributed by atoms with Crippen molar-refractivity contribution in [1.29, 1.82) is 5.26 Å². The van der Waals surface area contributed by atoms with E-state index in [1.54, 1.807) is 11.3 Å². The smallest absolute Gasteiger partial charge is 0.0991 e. The number of para-hydroxylation sites is 1. The largest absolute Gasteiger partial charge is 0.333 e. The van der Waals surface area contributed by atoms with Crippen LogP contribution in [0.4, 0.5) is 0 Å². The monoisotopic (exact) mass is 542 g/mol. The number of fused-ring (bicyclic) bond motifs is 6. The molecule has 1 aliphatic carbocycles. The number of hydrogen-bond acceptors (Lipinski definition) is 2. The van der Waals surface area contributed by atoms with E-state index in [-0.39, 0.29) is 6.04 Å². The van der Waals surface area contributed by atoms with Crippen LogP contribution in [0.1, 0.15) is 24.1 Å². The third-order valence-corrected chi connectivity index (χ3v) is 9.65. The van der Waals surface area contributed by atoms with Gasteiger partial charge in [0, 0.05) is 42.0 Å². The van der Waals surface area contributed by atoms with Crippen molar-refractivity contribution in [3.8, 4) is 17.2 Å². The second-order valence-electron chi connectivity index (χ2n) is 11.0. The lowest BCUT2D eigenvalue weighted by Crippen LogP contribution is -2.16. The normalized spacial score (nSPS) is 16.9. The number of hydrogen-bond donors (Lipinski definition) is 0. The number of nitriles is 1. The van der Waals surface area contributed by atoms with Gasteiger partial charge in [0.1, 0.15) is 0 Å². The Kier molecular flexibility index (Phi) is 5.45. The highest BCUT2D eigenvalue weighted by Gasteiger charge is 2.23. The first-order valence-electron chi connectivity index (χ1n) is 14.0. The second kappa shape index (κ2) is 9.34. The summed E-state index contributed by atoms with van der Waals surface area (Å²) in [5, 5.41) is 14.4. The highest BCUT2D eigenvalue weighted by molar-refractivity contribution is 7.25. The number of aromatic nitrogens is 1. The lowest BCUT2D eigenvalue weighted by molar-refractivity contribution is 0.511. The molecule has 2 unspecified atom stereocenters. The van der Waals surface area contributed by atoms with E-state index >= 15 is 0 Å². The van der Waals surface area contributed by atoms with Crippen LogP contribution < -0.4 is 0 Å². The van der Waals surface area contributed by atoms with E-state index < -0.39 is 0 Å². The summed E-state index contributed by atoms with van der Waals surface area (Å²) in [6, 6.07) is 41.6. The molecule has 5 aromatic carbocycles. The van der Waals surface area contributed by atoms with Crippen LogP contribution in [0, 0.1) is 17.2 Å². The molecule has 194 valence electrons. The van der Waals surface area contributed by atoms with E-state index in [4.69, 9.17) is 0 Å². The molecule has 3 heteroatoms. The molecule has 41 heavy (non-hydrogen) atoms. The third kappa shape index (κ3) is 3.84. The maximum atomic E-state index is 9.45. The molecule has 2 aromatic heterocycles. The Morgan fingerprint density at radius 1 is 0.659 bits per heavy atom. The van der Waals surface area contributed by atoms with E-state index in [1.165, 1.54) is 58.9 Å². The molecule has 0 amide bonds. The molecule has 7 aromatic rings. The van der Waals surface area contributed by atoms with E-state index in [2.05, 4.69) is 133 Å². The van der Waals surface area contributed by atoms with Crippen LogP contribution in [-0.4, -0.2) is 4.57 Å². The Morgan fingerprint density at radius 2 is 1.34 bits per heavy atom. The molecule has 0 radical (unpaired) electrons. The summed E-state index contributed by atoms with van der Waals surface area (Å²) in [5.74, 6) is 0.349. The number of benzene rings is 5. The standard InChI is InChI=1S/C38H26N2S/c1-24-19-27(26-7-3-2-4-8-26)12-15-34(24)40-35-10-6-5-9-30(35)31-21-28(13-16-36(31)40)29-14-18-38-33(22-29)32-20-25(23-39)11-17-37(32)41-38/h2-22,24,34H,1H3.